The highest BCUT2D eigenvalue weighted by Gasteiger charge is 2.45. The van der Waals surface area contributed by atoms with Crippen molar-refractivity contribution >= 4 is 5.91 Å². The van der Waals surface area contributed by atoms with Gasteiger partial charge in [-0.3, -0.25) is 4.79 Å². The van der Waals surface area contributed by atoms with Crippen LogP contribution in [-0.2, 0) is 4.79 Å². The van der Waals surface area contributed by atoms with Gasteiger partial charge < -0.3 is 20.4 Å². The van der Waals surface area contributed by atoms with Crippen LogP contribution in [0.2, 0.25) is 0 Å². The summed E-state index contributed by atoms with van der Waals surface area (Å²) in [4.78, 5) is 13.2. The summed E-state index contributed by atoms with van der Waals surface area (Å²) in [6.45, 7) is 2.48. The number of fused-ring (bicyclic) bond motifs is 1. The van der Waals surface area contributed by atoms with Gasteiger partial charge in [0.2, 0.25) is 5.91 Å². The van der Waals surface area contributed by atoms with Gasteiger partial charge in [0, 0.05) is 20.0 Å². The van der Waals surface area contributed by atoms with Crippen molar-refractivity contribution in [3.8, 4) is 0 Å². The molecule has 0 aromatic rings. The molecule has 0 heterocycles. The quantitative estimate of drug-likeness (QED) is 0.434. The Labute approximate surface area is 158 Å². The largest absolute Gasteiger partial charge is 0.392 e. The van der Waals surface area contributed by atoms with Crippen LogP contribution < -0.4 is 5.32 Å². The minimum atomic E-state index is -0.400. The molecule has 2 saturated carbocycles. The number of allylic oxidation sites excluding steroid dienone is 1. The summed E-state index contributed by atoms with van der Waals surface area (Å²) in [6, 6.07) is 0. The minimum Gasteiger partial charge on any atom is -0.392 e. The summed E-state index contributed by atoms with van der Waals surface area (Å²) in [7, 11) is 3.51. The van der Waals surface area contributed by atoms with Crippen molar-refractivity contribution in [2.24, 2.45) is 17.8 Å². The van der Waals surface area contributed by atoms with Crippen LogP contribution in [0.15, 0.2) is 23.9 Å². The SMILES string of the molecule is CCCCC[C@H](O)/C=C/[C@@H]1[C@H]2C/C(=C/NCC(=O)N(C)C)C[C@H]2C[C@H]1O. The summed E-state index contributed by atoms with van der Waals surface area (Å²) in [6.07, 6.45) is 12.2. The highest BCUT2D eigenvalue weighted by atomic mass is 16.3. The number of unbranched alkanes of at least 4 members (excludes halogenated alkanes) is 2. The maximum absolute atomic E-state index is 11.6. The second-order valence-electron chi connectivity index (χ2n) is 8.13. The number of likely N-dealkylation sites (N-methyl/N-ethyl adjacent to an activating group) is 1. The number of nitrogens with one attached hydrogen (secondary N) is 1. The van der Waals surface area contributed by atoms with E-state index in [2.05, 4.69) is 18.3 Å². The molecule has 0 bridgehead atoms. The molecule has 2 aliphatic carbocycles. The Morgan fingerprint density at radius 1 is 1.35 bits per heavy atom. The lowest BCUT2D eigenvalue weighted by Gasteiger charge is -2.18. The maximum Gasteiger partial charge on any atom is 0.241 e. The molecule has 0 aliphatic heterocycles. The van der Waals surface area contributed by atoms with Crippen molar-refractivity contribution in [3.63, 3.8) is 0 Å². The zero-order chi connectivity index (χ0) is 19.1. The molecule has 26 heavy (non-hydrogen) atoms. The van der Waals surface area contributed by atoms with Gasteiger partial charge >= 0.3 is 0 Å². The normalized spacial score (nSPS) is 30.7. The molecule has 2 fully saturated rings. The van der Waals surface area contributed by atoms with E-state index in [1.54, 1.807) is 19.0 Å². The lowest BCUT2D eigenvalue weighted by molar-refractivity contribution is -0.127. The van der Waals surface area contributed by atoms with Gasteiger partial charge in [0.05, 0.1) is 18.8 Å². The van der Waals surface area contributed by atoms with Gasteiger partial charge in [-0.1, -0.05) is 43.9 Å². The van der Waals surface area contributed by atoms with E-state index < -0.39 is 6.10 Å². The van der Waals surface area contributed by atoms with Gasteiger partial charge in [-0.05, 0) is 43.7 Å². The standard InChI is InChI=1S/C21H36N2O3/c1-4-5-6-7-17(24)8-9-18-19-11-15(10-16(19)12-20(18)25)13-22-14-21(26)23(2)3/h8-9,13,16-20,22,24-25H,4-7,10-12,14H2,1-3H3/b9-8+,15-13+/t16-,17-,18+,19-,20+/m0/s1. The lowest BCUT2D eigenvalue weighted by Crippen LogP contribution is -2.30. The zero-order valence-corrected chi connectivity index (χ0v) is 16.5. The fourth-order valence-corrected chi connectivity index (χ4v) is 4.29. The molecule has 0 saturated heterocycles. The summed E-state index contributed by atoms with van der Waals surface area (Å²) in [5.74, 6) is 1.15. The fourth-order valence-electron chi connectivity index (χ4n) is 4.29. The molecule has 1 amide bonds. The van der Waals surface area contributed by atoms with E-state index in [4.69, 9.17) is 0 Å². The maximum atomic E-state index is 11.6. The molecule has 5 atom stereocenters. The Kier molecular flexibility index (Phi) is 8.16. The predicted octanol–water partition coefficient (Wildman–Crippen LogP) is 2.45. The van der Waals surface area contributed by atoms with Crippen LogP contribution in [-0.4, -0.2) is 53.9 Å². The zero-order valence-electron chi connectivity index (χ0n) is 16.5. The third-order valence-corrected chi connectivity index (χ3v) is 5.83. The van der Waals surface area contributed by atoms with Gasteiger partial charge in [-0.25, -0.2) is 0 Å². The number of amides is 1. The van der Waals surface area contributed by atoms with Crippen LogP contribution in [0.5, 0.6) is 0 Å². The smallest absolute Gasteiger partial charge is 0.241 e. The number of nitrogens with zero attached hydrogens (tertiary/aromatic N) is 1. The van der Waals surface area contributed by atoms with E-state index in [0.717, 1.165) is 44.9 Å². The number of aliphatic hydroxyl groups excluding tert-OH is 2. The molecule has 0 radical (unpaired) electrons. The molecule has 148 valence electrons. The number of rotatable bonds is 9. The average molecular weight is 365 g/mol. The van der Waals surface area contributed by atoms with Crippen molar-refractivity contribution in [1.82, 2.24) is 10.2 Å². The first kappa shape index (κ1) is 21.0. The van der Waals surface area contributed by atoms with E-state index in [9.17, 15) is 15.0 Å². The Hall–Kier alpha value is -1.33. The number of hydrogen-bond acceptors (Lipinski definition) is 4. The van der Waals surface area contributed by atoms with Crippen LogP contribution in [0.1, 0.15) is 51.9 Å². The Morgan fingerprint density at radius 2 is 2.12 bits per heavy atom. The summed E-state index contributed by atoms with van der Waals surface area (Å²) in [5.41, 5.74) is 1.33. The molecule has 0 spiro atoms. The van der Waals surface area contributed by atoms with Crippen LogP contribution >= 0.6 is 0 Å². The first-order chi connectivity index (χ1) is 12.4. The molecular formula is C21H36N2O3. The molecule has 5 nitrogen and oxygen atoms in total. The van der Waals surface area contributed by atoms with Crippen LogP contribution in [0.4, 0.5) is 0 Å². The van der Waals surface area contributed by atoms with Gasteiger partial charge in [0.15, 0.2) is 0 Å². The molecule has 0 unspecified atom stereocenters. The molecule has 0 aromatic heterocycles. The molecule has 3 N–H and O–H groups in total. The summed E-state index contributed by atoms with van der Waals surface area (Å²) in [5, 5.41) is 23.6. The lowest BCUT2D eigenvalue weighted by atomic mass is 9.90. The van der Waals surface area contributed by atoms with E-state index in [1.807, 2.05) is 12.3 Å². The van der Waals surface area contributed by atoms with Gasteiger partial charge in [-0.15, -0.1) is 0 Å². The first-order valence-electron chi connectivity index (χ1n) is 10.1. The molecular weight excluding hydrogens is 328 g/mol. The van der Waals surface area contributed by atoms with Gasteiger partial charge in [0.1, 0.15) is 0 Å². The minimum absolute atomic E-state index is 0.0633. The highest BCUT2D eigenvalue weighted by Crippen LogP contribution is 2.50. The molecule has 5 heteroatoms. The predicted molar refractivity (Wildman–Crippen MR) is 104 cm³/mol. The van der Waals surface area contributed by atoms with Crippen molar-refractivity contribution in [3.05, 3.63) is 23.9 Å². The second-order valence-corrected chi connectivity index (χ2v) is 8.13. The van der Waals surface area contributed by atoms with E-state index in [0.29, 0.717) is 18.4 Å². The van der Waals surface area contributed by atoms with Crippen LogP contribution in [0, 0.1) is 17.8 Å². The second kappa shape index (κ2) is 10.1. The first-order valence-corrected chi connectivity index (χ1v) is 10.1. The van der Waals surface area contributed by atoms with Crippen molar-refractivity contribution in [2.75, 3.05) is 20.6 Å². The number of aliphatic hydroxyl groups is 2. The van der Waals surface area contributed by atoms with Crippen molar-refractivity contribution in [2.45, 2.75) is 64.1 Å². The van der Waals surface area contributed by atoms with E-state index in [1.165, 1.54) is 5.57 Å². The Morgan fingerprint density at radius 3 is 2.81 bits per heavy atom. The molecule has 2 aliphatic rings. The number of hydrogen-bond donors (Lipinski definition) is 3. The van der Waals surface area contributed by atoms with Crippen molar-refractivity contribution < 1.29 is 15.0 Å². The topological polar surface area (TPSA) is 72.8 Å². The van der Waals surface area contributed by atoms with Gasteiger partial charge in [0.25, 0.3) is 0 Å². The highest BCUT2D eigenvalue weighted by molar-refractivity contribution is 5.77. The number of carbonyl (C=O) groups is 1. The third kappa shape index (κ3) is 5.85. The summed E-state index contributed by atoms with van der Waals surface area (Å²) < 4.78 is 0. The summed E-state index contributed by atoms with van der Waals surface area (Å²) >= 11 is 0. The fraction of sp³-hybridized carbons (Fsp3) is 0.762. The van der Waals surface area contributed by atoms with Crippen molar-refractivity contribution in [1.29, 1.82) is 0 Å². The monoisotopic (exact) mass is 364 g/mol. The van der Waals surface area contributed by atoms with E-state index in [-0.39, 0.29) is 17.9 Å². The van der Waals surface area contributed by atoms with Crippen LogP contribution in [0.25, 0.3) is 0 Å². The van der Waals surface area contributed by atoms with Gasteiger partial charge in [-0.2, -0.15) is 0 Å². The molecule has 0 aromatic carbocycles. The van der Waals surface area contributed by atoms with Crippen LogP contribution in [0.3, 0.4) is 0 Å². The number of carbonyl (C=O) groups excluding carboxylic acids is 1. The third-order valence-electron chi connectivity index (χ3n) is 5.83. The Bertz CT molecular complexity index is 515. The molecule has 2 rings (SSSR count). The van der Waals surface area contributed by atoms with E-state index >= 15 is 0 Å². The Balaban J connectivity index is 1.84. The average Bonchev–Trinajstić information content (AvgIpc) is 3.09.